The van der Waals surface area contributed by atoms with E-state index in [0.717, 1.165) is 11.1 Å². The predicted molar refractivity (Wildman–Crippen MR) is 77.2 cm³/mol. The van der Waals surface area contributed by atoms with Crippen LogP contribution in [0.1, 0.15) is 5.56 Å². The van der Waals surface area contributed by atoms with E-state index in [2.05, 4.69) is 15.1 Å². The maximum absolute atomic E-state index is 13.5. The van der Waals surface area contributed by atoms with Crippen LogP contribution in [0.5, 0.6) is 0 Å². The Kier molecular flexibility index (Phi) is 3.13. The highest BCUT2D eigenvalue weighted by Gasteiger charge is 2.09. The van der Waals surface area contributed by atoms with Gasteiger partial charge in [0, 0.05) is 30.4 Å². The van der Waals surface area contributed by atoms with E-state index in [0.29, 0.717) is 17.1 Å². The van der Waals surface area contributed by atoms with Crippen LogP contribution in [0.4, 0.5) is 4.39 Å². The summed E-state index contributed by atoms with van der Waals surface area (Å²) >= 11 is 0. The summed E-state index contributed by atoms with van der Waals surface area (Å²) in [5, 5.41) is 4.06. The summed E-state index contributed by atoms with van der Waals surface area (Å²) in [7, 11) is 1.79. The smallest absolute Gasteiger partial charge is 0.251 e. The zero-order chi connectivity index (χ0) is 15.0. The van der Waals surface area contributed by atoms with E-state index in [1.54, 1.807) is 37.1 Å². The van der Waals surface area contributed by atoms with Gasteiger partial charge in [-0.3, -0.25) is 9.48 Å². The van der Waals surface area contributed by atoms with Gasteiger partial charge >= 0.3 is 0 Å². The molecule has 1 N–H and O–H groups in total. The first-order valence-corrected chi connectivity index (χ1v) is 6.39. The summed E-state index contributed by atoms with van der Waals surface area (Å²) < 4.78 is 15.1. The van der Waals surface area contributed by atoms with Crippen LogP contribution in [0.25, 0.3) is 22.6 Å². The molecule has 0 bridgehead atoms. The van der Waals surface area contributed by atoms with Gasteiger partial charge in [0.15, 0.2) is 0 Å². The maximum Gasteiger partial charge on any atom is 0.251 e. The molecule has 21 heavy (non-hydrogen) atoms. The molecule has 0 unspecified atom stereocenters. The Morgan fingerprint density at radius 2 is 2.00 bits per heavy atom. The van der Waals surface area contributed by atoms with E-state index in [1.807, 2.05) is 0 Å². The fraction of sp³-hybridized carbons (Fsp3) is 0.133. The molecule has 0 amide bonds. The number of H-pyrrole nitrogens is 1. The van der Waals surface area contributed by atoms with Gasteiger partial charge in [-0.05, 0) is 30.7 Å². The molecular formula is C15H13FN4O. The van der Waals surface area contributed by atoms with Crippen molar-refractivity contribution in [3.8, 4) is 22.6 Å². The minimum atomic E-state index is -0.362. The van der Waals surface area contributed by atoms with Crippen LogP contribution in [0, 0.1) is 12.7 Å². The summed E-state index contributed by atoms with van der Waals surface area (Å²) in [6.07, 6.45) is 3.39. The molecule has 0 aliphatic carbocycles. The molecule has 106 valence electrons. The Balaban J connectivity index is 2.15. The third-order valence-corrected chi connectivity index (χ3v) is 3.06. The van der Waals surface area contributed by atoms with Crippen LogP contribution in [-0.4, -0.2) is 19.7 Å². The number of rotatable bonds is 2. The molecular weight excluding hydrogens is 271 g/mol. The third-order valence-electron chi connectivity index (χ3n) is 3.06. The van der Waals surface area contributed by atoms with Crippen LogP contribution < -0.4 is 5.56 Å². The maximum atomic E-state index is 13.5. The van der Waals surface area contributed by atoms with E-state index >= 15 is 0 Å². The van der Waals surface area contributed by atoms with E-state index in [4.69, 9.17) is 0 Å². The molecule has 0 aliphatic rings. The Morgan fingerprint density at radius 1 is 1.19 bits per heavy atom. The zero-order valence-electron chi connectivity index (χ0n) is 11.6. The zero-order valence-corrected chi connectivity index (χ0v) is 11.6. The van der Waals surface area contributed by atoms with Crippen LogP contribution in [0.15, 0.2) is 41.5 Å². The summed E-state index contributed by atoms with van der Waals surface area (Å²) in [5.74, 6) is -0.0246. The molecule has 1 aromatic carbocycles. The number of aryl methyl sites for hydroxylation is 2. The van der Waals surface area contributed by atoms with Gasteiger partial charge in [0.1, 0.15) is 11.6 Å². The lowest BCUT2D eigenvalue weighted by atomic mass is 10.1. The lowest BCUT2D eigenvalue weighted by molar-refractivity contribution is 0.627. The second-order valence-corrected chi connectivity index (χ2v) is 4.90. The SMILES string of the molecule is Cc1cc(F)cc(-c2nc(-c3cnn(C)c3)cc(=O)[nH]2)c1. The van der Waals surface area contributed by atoms with Crippen molar-refractivity contribution in [2.45, 2.75) is 6.92 Å². The van der Waals surface area contributed by atoms with Gasteiger partial charge in [-0.25, -0.2) is 9.37 Å². The number of nitrogens with one attached hydrogen (secondary N) is 1. The number of nitrogens with zero attached hydrogens (tertiary/aromatic N) is 3. The highest BCUT2D eigenvalue weighted by molar-refractivity contribution is 5.62. The van der Waals surface area contributed by atoms with E-state index in [1.165, 1.54) is 18.2 Å². The monoisotopic (exact) mass is 284 g/mol. The molecule has 5 nitrogen and oxygen atoms in total. The molecule has 3 rings (SSSR count). The van der Waals surface area contributed by atoms with Crippen LogP contribution >= 0.6 is 0 Å². The first-order chi connectivity index (χ1) is 10.0. The average molecular weight is 284 g/mol. The van der Waals surface area contributed by atoms with Gasteiger partial charge in [0.05, 0.1) is 11.9 Å². The van der Waals surface area contributed by atoms with Crippen LogP contribution in [0.2, 0.25) is 0 Å². The summed E-state index contributed by atoms with van der Waals surface area (Å²) in [5.41, 5.74) is 2.25. The Labute approximate surface area is 120 Å². The normalized spacial score (nSPS) is 10.8. The molecule has 0 aliphatic heterocycles. The minimum absolute atomic E-state index is 0.291. The highest BCUT2D eigenvalue weighted by atomic mass is 19.1. The van der Waals surface area contributed by atoms with E-state index < -0.39 is 0 Å². The van der Waals surface area contributed by atoms with E-state index in [9.17, 15) is 9.18 Å². The largest absolute Gasteiger partial charge is 0.306 e. The second kappa shape index (κ2) is 4.97. The lowest BCUT2D eigenvalue weighted by Gasteiger charge is -2.05. The number of hydrogen-bond donors (Lipinski definition) is 1. The first-order valence-electron chi connectivity index (χ1n) is 6.39. The number of benzene rings is 1. The first kappa shape index (κ1) is 13.2. The number of aromatic amines is 1. The molecule has 0 radical (unpaired) electrons. The van der Waals surface area contributed by atoms with Gasteiger partial charge < -0.3 is 4.98 Å². The molecule has 2 aromatic heterocycles. The molecule has 3 aromatic rings. The Morgan fingerprint density at radius 3 is 2.67 bits per heavy atom. The molecule has 0 saturated heterocycles. The van der Waals surface area contributed by atoms with Gasteiger partial charge in [-0.1, -0.05) is 0 Å². The highest BCUT2D eigenvalue weighted by Crippen LogP contribution is 2.20. The van der Waals surface area contributed by atoms with Crippen molar-refractivity contribution < 1.29 is 4.39 Å². The Hall–Kier alpha value is -2.76. The van der Waals surface area contributed by atoms with Crippen molar-refractivity contribution in [3.05, 3.63) is 58.4 Å². The standard InChI is InChI=1S/C15H13FN4O/c1-9-3-10(5-12(16)4-9)15-18-13(6-14(21)19-15)11-7-17-20(2)8-11/h3-8H,1-2H3,(H,18,19,21). The average Bonchev–Trinajstić information content (AvgIpc) is 2.83. The van der Waals surface area contributed by atoms with Gasteiger partial charge in [0.25, 0.3) is 5.56 Å². The third kappa shape index (κ3) is 2.74. The molecule has 2 heterocycles. The van der Waals surface area contributed by atoms with Crippen LogP contribution in [-0.2, 0) is 7.05 Å². The molecule has 6 heteroatoms. The quantitative estimate of drug-likeness (QED) is 0.785. The summed E-state index contributed by atoms with van der Waals surface area (Å²) in [4.78, 5) is 18.8. The van der Waals surface area contributed by atoms with Gasteiger partial charge in [-0.2, -0.15) is 5.10 Å². The van der Waals surface area contributed by atoms with Crippen molar-refractivity contribution in [1.29, 1.82) is 0 Å². The van der Waals surface area contributed by atoms with Crippen molar-refractivity contribution in [1.82, 2.24) is 19.7 Å². The molecule has 0 spiro atoms. The Bertz CT molecular complexity index is 846. The molecule has 0 fully saturated rings. The number of hydrogen-bond acceptors (Lipinski definition) is 3. The van der Waals surface area contributed by atoms with Crippen molar-refractivity contribution in [3.63, 3.8) is 0 Å². The second-order valence-electron chi connectivity index (χ2n) is 4.90. The summed E-state index contributed by atoms with van der Waals surface area (Å²) in [6.45, 7) is 1.79. The number of halogens is 1. The number of aromatic nitrogens is 4. The van der Waals surface area contributed by atoms with Crippen molar-refractivity contribution >= 4 is 0 Å². The van der Waals surface area contributed by atoms with E-state index in [-0.39, 0.29) is 11.4 Å². The molecule has 0 saturated carbocycles. The van der Waals surface area contributed by atoms with Crippen LogP contribution in [0.3, 0.4) is 0 Å². The lowest BCUT2D eigenvalue weighted by Crippen LogP contribution is -2.08. The van der Waals surface area contributed by atoms with Gasteiger partial charge in [-0.15, -0.1) is 0 Å². The fourth-order valence-electron chi connectivity index (χ4n) is 2.17. The molecule has 0 atom stereocenters. The minimum Gasteiger partial charge on any atom is -0.306 e. The predicted octanol–water partition coefficient (Wildman–Crippen LogP) is 2.28. The van der Waals surface area contributed by atoms with Crippen molar-refractivity contribution in [2.24, 2.45) is 7.05 Å². The fourth-order valence-corrected chi connectivity index (χ4v) is 2.17. The summed E-state index contributed by atoms with van der Waals surface area (Å²) in [6, 6.07) is 5.94. The van der Waals surface area contributed by atoms with Gasteiger partial charge in [0.2, 0.25) is 0 Å². The van der Waals surface area contributed by atoms with Crippen molar-refractivity contribution in [2.75, 3.05) is 0 Å². The topological polar surface area (TPSA) is 63.6 Å².